The molecular formula is C20H19NO. The minimum Gasteiger partial charge on any atom is -0.308 e. The Morgan fingerprint density at radius 3 is 2.64 bits per heavy atom. The van der Waals surface area contributed by atoms with Crippen molar-refractivity contribution >= 4 is 11.6 Å². The van der Waals surface area contributed by atoms with Crippen LogP contribution in [0.4, 0.5) is 5.69 Å². The molecule has 0 fully saturated rings. The van der Waals surface area contributed by atoms with E-state index in [1.165, 1.54) is 0 Å². The number of anilines is 1. The van der Waals surface area contributed by atoms with E-state index in [1.54, 1.807) is 11.0 Å². The van der Waals surface area contributed by atoms with Crippen molar-refractivity contribution in [2.75, 3.05) is 4.90 Å². The third-order valence-electron chi connectivity index (χ3n) is 3.37. The highest BCUT2D eigenvalue weighted by Gasteiger charge is 2.15. The summed E-state index contributed by atoms with van der Waals surface area (Å²) < 4.78 is 0. The van der Waals surface area contributed by atoms with Gasteiger partial charge < -0.3 is 4.90 Å². The maximum atomic E-state index is 12.5. The number of hydrogen-bond donors (Lipinski definition) is 0. The molecule has 0 aliphatic heterocycles. The predicted octanol–water partition coefficient (Wildman–Crippen LogP) is 4.17. The van der Waals surface area contributed by atoms with Gasteiger partial charge in [0, 0.05) is 17.7 Å². The first-order valence-corrected chi connectivity index (χ1v) is 7.26. The Bertz CT molecular complexity index is 682. The van der Waals surface area contributed by atoms with Crippen LogP contribution in [0.15, 0.2) is 67.3 Å². The number of allylic oxidation sites excluding steroid dienone is 1. The van der Waals surface area contributed by atoms with E-state index in [2.05, 4.69) is 12.5 Å². The summed E-state index contributed by atoms with van der Waals surface area (Å²) in [7, 11) is 0. The Labute approximate surface area is 132 Å². The Kier molecular flexibility index (Phi) is 5.57. The molecule has 2 aromatic rings. The van der Waals surface area contributed by atoms with Gasteiger partial charge in [-0.2, -0.15) is 0 Å². The van der Waals surface area contributed by atoms with Gasteiger partial charge in [0.05, 0.1) is 6.54 Å². The zero-order valence-corrected chi connectivity index (χ0v) is 12.5. The molecule has 110 valence electrons. The first-order valence-electron chi connectivity index (χ1n) is 7.26. The first kappa shape index (κ1) is 15.6. The van der Waals surface area contributed by atoms with Gasteiger partial charge >= 0.3 is 0 Å². The second kappa shape index (κ2) is 7.85. The van der Waals surface area contributed by atoms with Crippen molar-refractivity contribution in [2.24, 2.45) is 0 Å². The first-order chi connectivity index (χ1) is 10.7. The summed E-state index contributed by atoms with van der Waals surface area (Å²) in [4.78, 5) is 14.3. The van der Waals surface area contributed by atoms with Crippen molar-refractivity contribution in [1.29, 1.82) is 0 Å². The fraction of sp³-hybridized carbons (Fsp3) is 0.150. The van der Waals surface area contributed by atoms with Crippen LogP contribution in [0.5, 0.6) is 0 Å². The largest absolute Gasteiger partial charge is 0.308 e. The Morgan fingerprint density at radius 1 is 1.18 bits per heavy atom. The highest BCUT2D eigenvalue weighted by Crippen LogP contribution is 2.20. The molecule has 0 saturated carbocycles. The van der Waals surface area contributed by atoms with Gasteiger partial charge in [0.1, 0.15) is 0 Å². The minimum absolute atomic E-state index is 0.0675. The molecule has 0 aromatic heterocycles. The summed E-state index contributed by atoms with van der Waals surface area (Å²) in [5, 5.41) is 0. The fourth-order valence-electron chi connectivity index (χ4n) is 2.21. The van der Waals surface area contributed by atoms with Crippen molar-refractivity contribution in [3.05, 3.63) is 78.4 Å². The molecule has 2 nitrogen and oxygen atoms in total. The molecule has 0 unspecified atom stereocenters. The molecule has 0 heterocycles. The van der Waals surface area contributed by atoms with Crippen LogP contribution in [0.2, 0.25) is 0 Å². The summed E-state index contributed by atoms with van der Waals surface area (Å²) >= 11 is 0. The molecule has 0 radical (unpaired) electrons. The Morgan fingerprint density at radius 2 is 1.95 bits per heavy atom. The van der Waals surface area contributed by atoms with Gasteiger partial charge in [0.15, 0.2) is 0 Å². The van der Waals surface area contributed by atoms with Crippen LogP contribution in [-0.4, -0.2) is 5.91 Å². The number of rotatable bonds is 6. The van der Waals surface area contributed by atoms with Crippen LogP contribution >= 0.6 is 0 Å². The van der Waals surface area contributed by atoms with Crippen LogP contribution in [0.25, 0.3) is 0 Å². The highest BCUT2D eigenvalue weighted by molar-refractivity contribution is 5.93. The van der Waals surface area contributed by atoms with Gasteiger partial charge in [-0.25, -0.2) is 0 Å². The number of benzene rings is 2. The number of hydrogen-bond acceptors (Lipinski definition) is 1. The van der Waals surface area contributed by atoms with Crippen molar-refractivity contribution in [3.8, 4) is 12.3 Å². The SMILES string of the molecule is C#Cc1cccc(N(Cc2ccccc2)C(=O)CCC=C)c1. The van der Waals surface area contributed by atoms with Gasteiger partial charge in [0.2, 0.25) is 5.91 Å². The predicted molar refractivity (Wildman–Crippen MR) is 91.4 cm³/mol. The van der Waals surface area contributed by atoms with Crippen LogP contribution in [0.3, 0.4) is 0 Å². The number of amides is 1. The normalized spacial score (nSPS) is 9.77. The lowest BCUT2D eigenvalue weighted by Crippen LogP contribution is -2.30. The van der Waals surface area contributed by atoms with Gasteiger partial charge in [0.25, 0.3) is 0 Å². The third-order valence-corrected chi connectivity index (χ3v) is 3.37. The standard InChI is InChI=1S/C20H19NO/c1-3-5-14-20(22)21(16-18-10-7-6-8-11-18)19-13-9-12-17(4-2)15-19/h2-3,6-13,15H,1,5,14,16H2. The third kappa shape index (κ3) is 4.10. The van der Waals surface area contributed by atoms with Crippen molar-refractivity contribution in [2.45, 2.75) is 19.4 Å². The molecule has 0 saturated heterocycles. The van der Waals surface area contributed by atoms with Gasteiger partial charge in [-0.05, 0) is 30.2 Å². The molecular weight excluding hydrogens is 270 g/mol. The quantitative estimate of drug-likeness (QED) is 0.577. The number of carbonyl (C=O) groups is 1. The van der Waals surface area contributed by atoms with E-state index in [-0.39, 0.29) is 5.91 Å². The van der Waals surface area contributed by atoms with Gasteiger partial charge in [-0.3, -0.25) is 4.79 Å². The zero-order valence-electron chi connectivity index (χ0n) is 12.5. The fourth-order valence-corrected chi connectivity index (χ4v) is 2.21. The number of terminal acetylenes is 1. The van der Waals surface area contributed by atoms with Crippen LogP contribution in [0.1, 0.15) is 24.0 Å². The highest BCUT2D eigenvalue weighted by atomic mass is 16.2. The lowest BCUT2D eigenvalue weighted by atomic mass is 10.1. The molecule has 0 bridgehead atoms. The zero-order chi connectivity index (χ0) is 15.8. The molecule has 0 spiro atoms. The summed E-state index contributed by atoms with van der Waals surface area (Å²) in [6.07, 6.45) is 8.33. The lowest BCUT2D eigenvalue weighted by molar-refractivity contribution is -0.118. The number of nitrogens with zero attached hydrogens (tertiary/aromatic N) is 1. The molecule has 0 aliphatic rings. The van der Waals surface area contributed by atoms with Gasteiger partial charge in [-0.15, -0.1) is 13.0 Å². The molecule has 0 atom stereocenters. The number of carbonyl (C=O) groups excluding carboxylic acids is 1. The summed E-state index contributed by atoms with van der Waals surface area (Å²) in [6.45, 7) is 4.21. The summed E-state index contributed by atoms with van der Waals surface area (Å²) in [6, 6.07) is 17.5. The van der Waals surface area contributed by atoms with Crippen LogP contribution in [-0.2, 0) is 11.3 Å². The van der Waals surface area contributed by atoms with E-state index in [9.17, 15) is 4.79 Å². The van der Waals surface area contributed by atoms with Crippen molar-refractivity contribution in [1.82, 2.24) is 0 Å². The van der Waals surface area contributed by atoms with E-state index < -0.39 is 0 Å². The smallest absolute Gasteiger partial charge is 0.227 e. The van der Waals surface area contributed by atoms with Crippen LogP contribution in [0, 0.1) is 12.3 Å². The average molecular weight is 289 g/mol. The Hall–Kier alpha value is -2.79. The van der Waals surface area contributed by atoms with Gasteiger partial charge in [-0.1, -0.05) is 48.4 Å². The molecule has 0 N–H and O–H groups in total. The molecule has 2 rings (SSSR count). The Balaban J connectivity index is 2.30. The maximum absolute atomic E-state index is 12.5. The molecule has 2 aromatic carbocycles. The topological polar surface area (TPSA) is 20.3 Å². The molecule has 0 aliphatic carbocycles. The molecule has 22 heavy (non-hydrogen) atoms. The van der Waals surface area contributed by atoms with E-state index in [0.717, 1.165) is 16.8 Å². The second-order valence-corrected chi connectivity index (χ2v) is 4.99. The molecule has 1 amide bonds. The van der Waals surface area contributed by atoms with E-state index in [0.29, 0.717) is 19.4 Å². The monoisotopic (exact) mass is 289 g/mol. The average Bonchev–Trinajstić information content (AvgIpc) is 2.58. The van der Waals surface area contributed by atoms with Crippen molar-refractivity contribution in [3.63, 3.8) is 0 Å². The van der Waals surface area contributed by atoms with E-state index in [1.807, 2.05) is 54.6 Å². The maximum Gasteiger partial charge on any atom is 0.227 e. The summed E-state index contributed by atoms with van der Waals surface area (Å²) in [5.74, 6) is 2.68. The second-order valence-electron chi connectivity index (χ2n) is 4.99. The summed E-state index contributed by atoms with van der Waals surface area (Å²) in [5.41, 5.74) is 2.68. The lowest BCUT2D eigenvalue weighted by Gasteiger charge is -2.23. The van der Waals surface area contributed by atoms with Crippen molar-refractivity contribution < 1.29 is 4.79 Å². The van der Waals surface area contributed by atoms with E-state index >= 15 is 0 Å². The minimum atomic E-state index is 0.0675. The molecule has 2 heteroatoms. The van der Waals surface area contributed by atoms with E-state index in [4.69, 9.17) is 6.42 Å². The van der Waals surface area contributed by atoms with Crippen LogP contribution < -0.4 is 4.90 Å².